The van der Waals surface area contributed by atoms with Crippen LogP contribution in [0.25, 0.3) is 16.2 Å². The van der Waals surface area contributed by atoms with Gasteiger partial charge in [-0.05, 0) is 25.1 Å². The normalized spacial score (nSPS) is 13.1. The number of fused-ring (bicyclic) bond motifs is 2. The van der Waals surface area contributed by atoms with E-state index in [1.54, 1.807) is 6.20 Å². The highest BCUT2D eigenvalue weighted by Gasteiger charge is 2.16. The quantitative estimate of drug-likeness (QED) is 0.567. The minimum atomic E-state index is -0.270. The van der Waals surface area contributed by atoms with Crippen LogP contribution in [0.15, 0.2) is 35.2 Å². The summed E-state index contributed by atoms with van der Waals surface area (Å²) in [5.74, 6) is 1.18. The van der Waals surface area contributed by atoms with E-state index in [1.807, 2.05) is 40.3 Å². The second-order valence-electron chi connectivity index (χ2n) is 6.01. The summed E-state index contributed by atoms with van der Waals surface area (Å²) >= 11 is 2.88. The Hall–Kier alpha value is -2.91. The first kappa shape index (κ1) is 16.3. The van der Waals surface area contributed by atoms with Crippen LogP contribution in [0.5, 0.6) is 11.5 Å². The Morgan fingerprint density at radius 3 is 2.85 bits per heavy atom. The van der Waals surface area contributed by atoms with Gasteiger partial charge in [-0.1, -0.05) is 0 Å². The van der Waals surface area contributed by atoms with Crippen molar-refractivity contribution in [1.29, 1.82) is 0 Å². The van der Waals surface area contributed by atoms with Crippen LogP contribution >= 0.6 is 22.7 Å². The first-order valence-electron chi connectivity index (χ1n) is 8.27. The Bertz CT molecular complexity index is 1160. The van der Waals surface area contributed by atoms with Crippen LogP contribution in [0, 0.1) is 6.92 Å². The Labute approximate surface area is 162 Å². The number of thiazole rings is 2. The maximum absolute atomic E-state index is 12.5. The van der Waals surface area contributed by atoms with Gasteiger partial charge in [0.15, 0.2) is 21.6 Å². The molecule has 1 aliphatic rings. The molecule has 0 spiro atoms. The number of aromatic nitrogens is 3. The molecule has 1 N–H and O–H groups in total. The fourth-order valence-electron chi connectivity index (χ4n) is 2.83. The summed E-state index contributed by atoms with van der Waals surface area (Å²) in [7, 11) is 0. The number of aryl methyl sites for hydroxylation is 1. The number of nitrogens with one attached hydrogen (secondary N) is 1. The lowest BCUT2D eigenvalue weighted by molar-refractivity contribution is 0.102. The lowest BCUT2D eigenvalue weighted by atomic mass is 10.1. The van der Waals surface area contributed by atoms with E-state index in [4.69, 9.17) is 9.47 Å². The van der Waals surface area contributed by atoms with Crippen molar-refractivity contribution in [2.45, 2.75) is 6.92 Å². The van der Waals surface area contributed by atoms with E-state index in [0.29, 0.717) is 29.8 Å². The van der Waals surface area contributed by atoms with E-state index in [-0.39, 0.29) is 5.91 Å². The predicted molar refractivity (Wildman–Crippen MR) is 104 cm³/mol. The first-order valence-corrected chi connectivity index (χ1v) is 10.0. The fourth-order valence-corrected chi connectivity index (χ4v) is 4.40. The van der Waals surface area contributed by atoms with Crippen molar-refractivity contribution in [3.8, 4) is 22.8 Å². The van der Waals surface area contributed by atoms with Crippen LogP contribution in [-0.2, 0) is 0 Å². The van der Waals surface area contributed by atoms with Crippen molar-refractivity contribution < 1.29 is 14.3 Å². The topological polar surface area (TPSA) is 77.8 Å². The van der Waals surface area contributed by atoms with Crippen LogP contribution < -0.4 is 14.8 Å². The standard InChI is InChI=1S/C18H14N4O3S2/c1-10-8-27-18-20-12(7-22(10)18)16(23)21-17-19-13(9-26-17)11-2-3-14-15(6-11)25-5-4-24-14/h2-3,6-9H,4-5H2,1H3,(H,19,21,23). The predicted octanol–water partition coefficient (Wildman–Crippen LogP) is 3.85. The van der Waals surface area contributed by atoms with Gasteiger partial charge in [0.25, 0.3) is 5.91 Å². The van der Waals surface area contributed by atoms with E-state index in [9.17, 15) is 4.79 Å². The molecular formula is C18H14N4O3S2. The van der Waals surface area contributed by atoms with E-state index in [1.165, 1.54) is 22.7 Å². The van der Waals surface area contributed by atoms with Gasteiger partial charge in [-0.3, -0.25) is 14.5 Å². The number of imidazole rings is 1. The zero-order valence-corrected chi connectivity index (χ0v) is 15.9. The monoisotopic (exact) mass is 398 g/mol. The van der Waals surface area contributed by atoms with Crippen molar-refractivity contribution in [3.63, 3.8) is 0 Å². The van der Waals surface area contributed by atoms with Gasteiger partial charge in [0, 0.05) is 28.2 Å². The smallest absolute Gasteiger partial charge is 0.277 e. The van der Waals surface area contributed by atoms with Gasteiger partial charge in [-0.25, -0.2) is 9.97 Å². The summed E-state index contributed by atoms with van der Waals surface area (Å²) in [4.78, 5) is 22.1. The molecule has 0 bridgehead atoms. The van der Waals surface area contributed by atoms with Crippen molar-refractivity contribution in [3.05, 3.63) is 46.5 Å². The maximum atomic E-state index is 12.5. The maximum Gasteiger partial charge on any atom is 0.277 e. The number of nitrogens with zero attached hydrogens (tertiary/aromatic N) is 3. The highest BCUT2D eigenvalue weighted by atomic mass is 32.1. The molecule has 0 radical (unpaired) electrons. The number of benzene rings is 1. The van der Waals surface area contributed by atoms with Crippen molar-refractivity contribution in [2.24, 2.45) is 0 Å². The number of amides is 1. The lowest BCUT2D eigenvalue weighted by Crippen LogP contribution is -2.15. The number of hydrogen-bond acceptors (Lipinski definition) is 7. The Morgan fingerprint density at radius 2 is 2.00 bits per heavy atom. The van der Waals surface area contributed by atoms with E-state index < -0.39 is 0 Å². The third kappa shape index (κ3) is 2.94. The highest BCUT2D eigenvalue weighted by Crippen LogP contribution is 2.35. The molecule has 0 unspecified atom stereocenters. The van der Waals surface area contributed by atoms with Crippen molar-refractivity contribution in [2.75, 3.05) is 18.5 Å². The molecule has 1 aliphatic heterocycles. The van der Waals surface area contributed by atoms with E-state index >= 15 is 0 Å². The van der Waals surface area contributed by atoms with Gasteiger partial charge in [0.1, 0.15) is 18.9 Å². The molecular weight excluding hydrogens is 384 g/mol. The second kappa shape index (κ2) is 6.36. The minimum Gasteiger partial charge on any atom is -0.486 e. The largest absolute Gasteiger partial charge is 0.486 e. The number of carbonyl (C=O) groups excluding carboxylic acids is 1. The fraction of sp³-hybridized carbons (Fsp3) is 0.167. The van der Waals surface area contributed by atoms with Gasteiger partial charge in [-0.2, -0.15) is 0 Å². The molecule has 9 heteroatoms. The van der Waals surface area contributed by atoms with Crippen LogP contribution in [-0.4, -0.2) is 33.5 Å². The molecule has 4 heterocycles. The van der Waals surface area contributed by atoms with E-state index in [2.05, 4.69) is 15.3 Å². The van der Waals surface area contributed by atoms with Gasteiger partial charge < -0.3 is 9.47 Å². The molecule has 0 fully saturated rings. The number of carbonyl (C=O) groups is 1. The van der Waals surface area contributed by atoms with E-state index in [0.717, 1.165) is 27.7 Å². The second-order valence-corrected chi connectivity index (χ2v) is 7.70. The van der Waals surface area contributed by atoms with Crippen LogP contribution in [0.1, 0.15) is 16.2 Å². The molecule has 4 aromatic rings. The molecule has 7 nitrogen and oxygen atoms in total. The SMILES string of the molecule is Cc1csc2nc(C(=O)Nc3nc(-c4ccc5c(c4)OCCO5)cs3)cn12. The summed E-state index contributed by atoms with van der Waals surface area (Å²) < 4.78 is 13.1. The third-order valence-electron chi connectivity index (χ3n) is 4.18. The molecule has 0 atom stereocenters. The molecule has 136 valence electrons. The summed E-state index contributed by atoms with van der Waals surface area (Å²) in [6, 6.07) is 5.71. The van der Waals surface area contributed by atoms with Gasteiger partial charge in [0.2, 0.25) is 0 Å². The average molecular weight is 398 g/mol. The number of rotatable bonds is 3. The number of hydrogen-bond donors (Lipinski definition) is 1. The summed E-state index contributed by atoms with van der Waals surface area (Å²) in [6.45, 7) is 3.08. The van der Waals surface area contributed by atoms with Crippen molar-refractivity contribution >= 4 is 38.7 Å². The molecule has 27 heavy (non-hydrogen) atoms. The van der Waals surface area contributed by atoms with Crippen LogP contribution in [0.2, 0.25) is 0 Å². The zero-order chi connectivity index (χ0) is 18.4. The Balaban J connectivity index is 1.36. The summed E-state index contributed by atoms with van der Waals surface area (Å²) in [5.41, 5.74) is 3.11. The highest BCUT2D eigenvalue weighted by molar-refractivity contribution is 7.15. The molecule has 0 saturated heterocycles. The number of anilines is 1. The minimum absolute atomic E-state index is 0.270. The van der Waals surface area contributed by atoms with Gasteiger partial charge in [0.05, 0.1) is 5.69 Å². The lowest BCUT2D eigenvalue weighted by Gasteiger charge is -2.18. The third-order valence-corrected chi connectivity index (χ3v) is 5.90. The van der Waals surface area contributed by atoms with Crippen LogP contribution in [0.4, 0.5) is 5.13 Å². The molecule has 1 aromatic carbocycles. The summed E-state index contributed by atoms with van der Waals surface area (Å²) in [5, 5.41) is 7.25. The average Bonchev–Trinajstić information content (AvgIpc) is 3.39. The molecule has 0 saturated carbocycles. The molecule has 3 aromatic heterocycles. The Kier molecular flexibility index (Phi) is 3.83. The Morgan fingerprint density at radius 1 is 1.15 bits per heavy atom. The molecule has 0 aliphatic carbocycles. The first-order chi connectivity index (χ1) is 13.2. The van der Waals surface area contributed by atoms with Crippen molar-refractivity contribution in [1.82, 2.24) is 14.4 Å². The van der Waals surface area contributed by atoms with Gasteiger partial charge in [-0.15, -0.1) is 22.7 Å². The number of ether oxygens (including phenoxy) is 2. The molecule has 5 rings (SSSR count). The van der Waals surface area contributed by atoms with Gasteiger partial charge >= 0.3 is 0 Å². The zero-order valence-electron chi connectivity index (χ0n) is 14.3. The summed E-state index contributed by atoms with van der Waals surface area (Å²) in [6.07, 6.45) is 1.74. The molecule has 1 amide bonds. The van der Waals surface area contributed by atoms with Crippen LogP contribution in [0.3, 0.4) is 0 Å².